The van der Waals surface area contributed by atoms with Gasteiger partial charge in [0.25, 0.3) is 5.91 Å². The predicted molar refractivity (Wildman–Crippen MR) is 108 cm³/mol. The number of benzene rings is 1. The molecular weight excluding hydrogens is 366 g/mol. The molecule has 3 heterocycles. The molecule has 3 aromatic heterocycles. The summed E-state index contributed by atoms with van der Waals surface area (Å²) in [6.45, 7) is 0. The highest BCUT2D eigenvalue weighted by Gasteiger charge is 2.23. The number of hydrogen-bond acceptors (Lipinski definition) is 5. The first-order chi connectivity index (χ1) is 14.3. The maximum atomic E-state index is 12.6. The largest absolute Gasteiger partial charge is 0.309 e. The van der Waals surface area contributed by atoms with E-state index in [4.69, 9.17) is 0 Å². The quantitative estimate of drug-likeness (QED) is 0.545. The number of anilines is 1. The van der Waals surface area contributed by atoms with Crippen molar-refractivity contribution in [2.75, 3.05) is 5.32 Å². The van der Waals surface area contributed by atoms with Gasteiger partial charge in [-0.25, -0.2) is 4.98 Å². The number of H-pyrrole nitrogens is 1. The van der Waals surface area contributed by atoms with Gasteiger partial charge in [0.2, 0.25) is 0 Å². The number of rotatable bonds is 5. The van der Waals surface area contributed by atoms with E-state index < -0.39 is 0 Å². The summed E-state index contributed by atoms with van der Waals surface area (Å²) < 4.78 is 2.07. The van der Waals surface area contributed by atoms with Gasteiger partial charge < -0.3 is 9.88 Å². The van der Waals surface area contributed by atoms with Crippen molar-refractivity contribution in [3.05, 3.63) is 66.6 Å². The summed E-state index contributed by atoms with van der Waals surface area (Å²) in [6, 6.07) is 17.3. The number of aromatic amines is 1. The maximum absolute atomic E-state index is 12.6. The van der Waals surface area contributed by atoms with Gasteiger partial charge in [0.15, 0.2) is 5.82 Å². The van der Waals surface area contributed by atoms with Crippen LogP contribution in [0.3, 0.4) is 0 Å². The predicted octanol–water partition coefficient (Wildman–Crippen LogP) is 3.71. The van der Waals surface area contributed by atoms with E-state index in [0.717, 1.165) is 24.2 Å². The lowest BCUT2D eigenvalue weighted by Crippen LogP contribution is -2.17. The van der Waals surface area contributed by atoms with Crippen molar-refractivity contribution in [3.63, 3.8) is 0 Å². The number of carbonyl (C=O) groups excluding carboxylic acids is 1. The normalized spacial score (nSPS) is 13.8. The minimum atomic E-state index is -0.301. The van der Waals surface area contributed by atoms with Gasteiger partial charge in [-0.1, -0.05) is 36.4 Å². The van der Waals surface area contributed by atoms with Crippen molar-refractivity contribution in [2.24, 2.45) is 0 Å². The molecule has 1 amide bonds. The van der Waals surface area contributed by atoms with E-state index in [1.807, 2.05) is 42.5 Å². The third-order valence-electron chi connectivity index (χ3n) is 5.15. The highest BCUT2D eigenvalue weighted by molar-refractivity contribution is 6.03. The van der Waals surface area contributed by atoms with Crippen molar-refractivity contribution in [2.45, 2.75) is 25.3 Å². The van der Waals surface area contributed by atoms with Crippen molar-refractivity contribution < 1.29 is 4.79 Å². The van der Waals surface area contributed by atoms with Crippen molar-refractivity contribution in [1.29, 1.82) is 0 Å². The molecule has 144 valence electrons. The van der Waals surface area contributed by atoms with Crippen molar-refractivity contribution >= 4 is 11.7 Å². The fourth-order valence-corrected chi connectivity index (χ4v) is 3.37. The van der Waals surface area contributed by atoms with Crippen LogP contribution in [0.4, 0.5) is 5.82 Å². The summed E-state index contributed by atoms with van der Waals surface area (Å²) >= 11 is 0. The molecule has 1 aliphatic rings. The molecule has 0 aliphatic heterocycles. The molecule has 1 aliphatic carbocycles. The van der Waals surface area contributed by atoms with Gasteiger partial charge in [0.1, 0.15) is 23.5 Å². The minimum absolute atomic E-state index is 0.301. The highest BCUT2D eigenvalue weighted by atomic mass is 16.2. The van der Waals surface area contributed by atoms with E-state index in [1.165, 1.54) is 6.42 Å². The van der Waals surface area contributed by atoms with Crippen LogP contribution < -0.4 is 5.32 Å². The van der Waals surface area contributed by atoms with Crippen LogP contribution in [0.2, 0.25) is 0 Å². The molecule has 2 N–H and O–H groups in total. The van der Waals surface area contributed by atoms with Crippen molar-refractivity contribution in [1.82, 2.24) is 29.9 Å². The molecule has 0 spiro atoms. The third kappa shape index (κ3) is 3.40. The van der Waals surface area contributed by atoms with Gasteiger partial charge in [-0.05, 0) is 37.5 Å². The van der Waals surface area contributed by atoms with Gasteiger partial charge in [-0.3, -0.25) is 9.89 Å². The molecule has 0 bridgehead atoms. The second-order valence-electron chi connectivity index (χ2n) is 7.04. The Labute approximate surface area is 167 Å². The van der Waals surface area contributed by atoms with Crippen LogP contribution in [0.15, 0.2) is 60.9 Å². The van der Waals surface area contributed by atoms with Crippen LogP contribution in [0, 0.1) is 0 Å². The number of hydrogen-bond donors (Lipinski definition) is 2. The molecule has 8 nitrogen and oxygen atoms in total. The summed E-state index contributed by atoms with van der Waals surface area (Å²) in [7, 11) is 0. The van der Waals surface area contributed by atoms with Gasteiger partial charge in [-0.2, -0.15) is 5.10 Å². The Balaban J connectivity index is 1.35. The van der Waals surface area contributed by atoms with Gasteiger partial charge in [0.05, 0.1) is 5.69 Å². The average molecular weight is 385 g/mol. The third-order valence-corrected chi connectivity index (χ3v) is 5.15. The standard InChI is InChI=1S/C21H19N7O/c29-21(18-12-17(25-26-18)14-6-2-1-3-7-14)24-19-11-5-10-16(23-19)20-27-22-13-28(20)15-8-4-9-15/h1-3,5-7,10-13,15H,4,8-9H2,(H,25,26)(H,23,24,29). The second-order valence-corrected chi connectivity index (χ2v) is 7.04. The number of aromatic nitrogens is 6. The van der Waals surface area contributed by atoms with E-state index in [2.05, 4.69) is 35.3 Å². The summed E-state index contributed by atoms with van der Waals surface area (Å²) in [4.78, 5) is 17.2. The molecule has 1 aromatic carbocycles. The lowest BCUT2D eigenvalue weighted by atomic mass is 9.93. The summed E-state index contributed by atoms with van der Waals surface area (Å²) in [6.07, 6.45) is 5.23. The Morgan fingerprint density at radius 3 is 2.72 bits per heavy atom. The number of nitrogens with one attached hydrogen (secondary N) is 2. The summed E-state index contributed by atoms with van der Waals surface area (Å²) in [5, 5.41) is 18.1. The number of pyridine rings is 1. The molecule has 4 aromatic rings. The Hall–Kier alpha value is -3.81. The zero-order valence-electron chi connectivity index (χ0n) is 15.6. The fraction of sp³-hybridized carbons (Fsp3) is 0.190. The van der Waals surface area contributed by atoms with E-state index in [9.17, 15) is 4.79 Å². The van der Waals surface area contributed by atoms with Crippen LogP contribution in [-0.2, 0) is 0 Å². The van der Waals surface area contributed by atoms with Gasteiger partial charge in [-0.15, -0.1) is 10.2 Å². The lowest BCUT2D eigenvalue weighted by molar-refractivity contribution is 0.102. The molecule has 0 unspecified atom stereocenters. The monoisotopic (exact) mass is 385 g/mol. The second kappa shape index (κ2) is 7.31. The van der Waals surface area contributed by atoms with Crippen LogP contribution >= 0.6 is 0 Å². The zero-order valence-corrected chi connectivity index (χ0v) is 15.6. The summed E-state index contributed by atoms with van der Waals surface area (Å²) in [5.74, 6) is 0.870. The zero-order chi connectivity index (χ0) is 19.6. The first kappa shape index (κ1) is 17.3. The Bertz CT molecular complexity index is 1140. The molecular formula is C21H19N7O. The fourth-order valence-electron chi connectivity index (χ4n) is 3.37. The van der Waals surface area contributed by atoms with Crippen molar-refractivity contribution in [3.8, 4) is 22.8 Å². The summed E-state index contributed by atoms with van der Waals surface area (Å²) in [5.41, 5.74) is 2.71. The molecule has 8 heteroatoms. The molecule has 0 atom stereocenters. The SMILES string of the molecule is O=C(Nc1cccc(-c2nncn2C2CCC2)n1)c1cc(-c2ccccc2)n[nH]1. The lowest BCUT2D eigenvalue weighted by Gasteiger charge is -2.27. The molecule has 5 rings (SSSR count). The number of carbonyl (C=O) groups is 1. The van der Waals surface area contributed by atoms with Crippen LogP contribution in [0.1, 0.15) is 35.8 Å². The maximum Gasteiger partial charge on any atom is 0.274 e. The number of amides is 1. The first-order valence-corrected chi connectivity index (χ1v) is 9.57. The Kier molecular flexibility index (Phi) is 4.36. The molecule has 1 saturated carbocycles. The Morgan fingerprint density at radius 2 is 1.93 bits per heavy atom. The van der Waals surface area contributed by atoms with Gasteiger partial charge in [0, 0.05) is 11.6 Å². The first-order valence-electron chi connectivity index (χ1n) is 9.57. The highest BCUT2D eigenvalue weighted by Crippen LogP contribution is 2.34. The molecule has 0 saturated heterocycles. The topological polar surface area (TPSA) is 101 Å². The molecule has 1 fully saturated rings. The molecule has 0 radical (unpaired) electrons. The minimum Gasteiger partial charge on any atom is -0.309 e. The molecule has 29 heavy (non-hydrogen) atoms. The number of nitrogens with zero attached hydrogens (tertiary/aromatic N) is 5. The smallest absolute Gasteiger partial charge is 0.274 e. The van der Waals surface area contributed by atoms with E-state index in [0.29, 0.717) is 28.9 Å². The van der Waals surface area contributed by atoms with E-state index in [1.54, 1.807) is 18.5 Å². The average Bonchev–Trinajstić information content (AvgIpc) is 3.38. The van der Waals surface area contributed by atoms with E-state index >= 15 is 0 Å². The van der Waals surface area contributed by atoms with E-state index in [-0.39, 0.29) is 5.91 Å². The van der Waals surface area contributed by atoms with Crippen LogP contribution in [-0.4, -0.2) is 35.9 Å². The Morgan fingerprint density at radius 1 is 1.07 bits per heavy atom. The van der Waals surface area contributed by atoms with Crippen LogP contribution in [0.25, 0.3) is 22.8 Å². The van der Waals surface area contributed by atoms with Gasteiger partial charge >= 0.3 is 0 Å². The van der Waals surface area contributed by atoms with Crippen LogP contribution in [0.5, 0.6) is 0 Å².